The van der Waals surface area contributed by atoms with Gasteiger partial charge < -0.3 is 30.0 Å². The lowest BCUT2D eigenvalue weighted by Gasteiger charge is -2.14. The molecule has 4 aromatic carbocycles. The van der Waals surface area contributed by atoms with E-state index < -0.39 is 12.0 Å². The van der Waals surface area contributed by atoms with Crippen molar-refractivity contribution in [3.05, 3.63) is 108 Å². The molecule has 0 aliphatic heterocycles. The zero-order chi connectivity index (χ0) is 35.4. The van der Waals surface area contributed by atoms with Gasteiger partial charge in [-0.15, -0.1) is 0 Å². The van der Waals surface area contributed by atoms with E-state index in [-0.39, 0.29) is 22.8 Å². The van der Waals surface area contributed by atoms with Crippen LogP contribution in [0, 0.1) is 0 Å². The molecule has 0 radical (unpaired) electrons. The molecule has 0 aliphatic carbocycles. The van der Waals surface area contributed by atoms with Crippen molar-refractivity contribution in [1.29, 1.82) is 0 Å². The highest BCUT2D eigenvalue weighted by Gasteiger charge is 2.22. The predicted molar refractivity (Wildman–Crippen MR) is 191 cm³/mol. The summed E-state index contributed by atoms with van der Waals surface area (Å²) in [5.74, 6) is 1.42. The van der Waals surface area contributed by atoms with Gasteiger partial charge in [0.1, 0.15) is 23.1 Å². The maximum atomic E-state index is 13.5. The van der Waals surface area contributed by atoms with Gasteiger partial charge in [0.15, 0.2) is 0 Å². The minimum absolute atomic E-state index is 0.0469. The standard InChI is InChI=1S/C37H35N7O6/c1-37(2,3)31-21-32(44(43-31)24-10-12-25(48-4)13-11-24)41-36(47)40-29-14-15-30(28-9-7-6-8-27(28)29)50-33-16-17-38-35(42-33)39-23-18-22(34(45)46)19-26(20-23)49-5/h6-21H,1-5H3,(H,45,46)(H,38,39,42)(H2,40,41,47). The van der Waals surface area contributed by atoms with Crippen LogP contribution in [0.4, 0.5) is 27.9 Å². The van der Waals surface area contributed by atoms with Gasteiger partial charge in [0, 0.05) is 46.3 Å². The first-order valence-corrected chi connectivity index (χ1v) is 15.6. The monoisotopic (exact) mass is 673 g/mol. The minimum atomic E-state index is -1.10. The molecule has 13 heteroatoms. The van der Waals surface area contributed by atoms with Crippen molar-refractivity contribution in [2.24, 2.45) is 0 Å². The predicted octanol–water partition coefficient (Wildman–Crippen LogP) is 8.01. The van der Waals surface area contributed by atoms with Gasteiger partial charge in [-0.2, -0.15) is 10.1 Å². The number of anilines is 4. The van der Waals surface area contributed by atoms with E-state index in [1.165, 1.54) is 25.4 Å². The molecule has 6 rings (SSSR count). The van der Waals surface area contributed by atoms with Crippen LogP contribution in [-0.4, -0.2) is 51.1 Å². The highest BCUT2D eigenvalue weighted by Crippen LogP contribution is 2.35. The Morgan fingerprint density at radius 2 is 1.56 bits per heavy atom. The quantitative estimate of drug-likeness (QED) is 0.112. The van der Waals surface area contributed by atoms with Crippen LogP contribution in [0.3, 0.4) is 0 Å². The smallest absolute Gasteiger partial charge is 0.335 e. The second-order valence-corrected chi connectivity index (χ2v) is 12.2. The molecule has 0 spiro atoms. The number of benzene rings is 4. The molecular formula is C37H35N7O6. The number of methoxy groups -OCH3 is 2. The van der Waals surface area contributed by atoms with Crippen molar-refractivity contribution >= 4 is 45.9 Å². The minimum Gasteiger partial charge on any atom is -0.497 e. The molecule has 0 bridgehead atoms. The number of aromatic carboxylic acids is 1. The number of carbonyl (C=O) groups is 2. The van der Waals surface area contributed by atoms with Crippen LogP contribution in [0.2, 0.25) is 0 Å². The normalized spacial score (nSPS) is 11.1. The molecule has 0 unspecified atom stereocenters. The molecule has 254 valence electrons. The third-order valence-corrected chi connectivity index (χ3v) is 7.66. The zero-order valence-electron chi connectivity index (χ0n) is 28.0. The number of urea groups is 1. The van der Waals surface area contributed by atoms with E-state index in [0.29, 0.717) is 34.4 Å². The van der Waals surface area contributed by atoms with Crippen LogP contribution in [0.25, 0.3) is 16.5 Å². The fraction of sp³-hybridized carbons (Fsp3) is 0.162. The zero-order valence-corrected chi connectivity index (χ0v) is 28.0. The SMILES string of the molecule is COc1ccc(-n2nc(C(C)(C)C)cc2NC(=O)Nc2ccc(Oc3ccnc(Nc4cc(OC)cc(C(=O)O)c4)n3)c3ccccc23)cc1. The van der Waals surface area contributed by atoms with Crippen LogP contribution in [-0.2, 0) is 5.41 Å². The lowest BCUT2D eigenvalue weighted by Crippen LogP contribution is -2.21. The van der Waals surface area contributed by atoms with E-state index in [9.17, 15) is 14.7 Å². The van der Waals surface area contributed by atoms with Gasteiger partial charge in [-0.3, -0.25) is 5.32 Å². The topological polar surface area (TPSA) is 162 Å². The number of hydrogen-bond acceptors (Lipinski definition) is 9. The maximum Gasteiger partial charge on any atom is 0.335 e. The fourth-order valence-corrected chi connectivity index (χ4v) is 5.11. The van der Waals surface area contributed by atoms with Gasteiger partial charge in [0.05, 0.1) is 36.9 Å². The van der Waals surface area contributed by atoms with Gasteiger partial charge in [0.25, 0.3) is 0 Å². The molecule has 0 aliphatic rings. The molecule has 0 saturated carbocycles. The number of nitrogens with one attached hydrogen (secondary N) is 3. The third-order valence-electron chi connectivity index (χ3n) is 7.66. The van der Waals surface area contributed by atoms with Crippen molar-refractivity contribution in [1.82, 2.24) is 19.7 Å². The van der Waals surface area contributed by atoms with Crippen molar-refractivity contribution < 1.29 is 28.9 Å². The summed E-state index contributed by atoms with van der Waals surface area (Å²) >= 11 is 0. The molecule has 6 aromatic rings. The summed E-state index contributed by atoms with van der Waals surface area (Å²) in [6.07, 6.45) is 1.52. The number of carboxylic acid groups (broad SMARTS) is 1. The van der Waals surface area contributed by atoms with Crippen LogP contribution in [0.15, 0.2) is 97.2 Å². The first-order valence-electron chi connectivity index (χ1n) is 15.6. The van der Waals surface area contributed by atoms with E-state index in [0.717, 1.165) is 22.2 Å². The van der Waals surface area contributed by atoms with E-state index >= 15 is 0 Å². The number of rotatable bonds is 10. The number of carbonyl (C=O) groups excluding carboxylic acids is 1. The maximum absolute atomic E-state index is 13.5. The average Bonchev–Trinajstić information content (AvgIpc) is 3.53. The molecule has 2 amide bonds. The molecule has 13 nitrogen and oxygen atoms in total. The van der Waals surface area contributed by atoms with Crippen LogP contribution < -0.4 is 30.2 Å². The van der Waals surface area contributed by atoms with Crippen LogP contribution >= 0.6 is 0 Å². The molecule has 50 heavy (non-hydrogen) atoms. The Balaban J connectivity index is 1.23. The van der Waals surface area contributed by atoms with Crippen molar-refractivity contribution in [2.45, 2.75) is 26.2 Å². The Labute approximate surface area is 287 Å². The van der Waals surface area contributed by atoms with E-state index in [1.807, 2.05) is 54.6 Å². The molecule has 0 saturated heterocycles. The first kappa shape index (κ1) is 33.3. The van der Waals surface area contributed by atoms with E-state index in [1.54, 1.807) is 36.1 Å². The fourth-order valence-electron chi connectivity index (χ4n) is 5.11. The lowest BCUT2D eigenvalue weighted by atomic mass is 9.92. The summed E-state index contributed by atoms with van der Waals surface area (Å²) in [5.41, 5.74) is 2.36. The number of fused-ring (bicyclic) bond motifs is 1. The summed E-state index contributed by atoms with van der Waals surface area (Å²) in [4.78, 5) is 33.7. The van der Waals surface area contributed by atoms with Gasteiger partial charge in [-0.1, -0.05) is 45.0 Å². The summed E-state index contributed by atoms with van der Waals surface area (Å²) < 4.78 is 18.4. The Bertz CT molecular complexity index is 2190. The largest absolute Gasteiger partial charge is 0.497 e. The highest BCUT2D eigenvalue weighted by atomic mass is 16.5. The van der Waals surface area contributed by atoms with Crippen LogP contribution in [0.1, 0.15) is 36.8 Å². The molecule has 2 aromatic heterocycles. The first-order chi connectivity index (χ1) is 24.0. The number of carboxylic acids is 1. The molecular weight excluding hydrogens is 638 g/mol. The van der Waals surface area contributed by atoms with E-state index in [4.69, 9.17) is 19.3 Å². The number of aromatic nitrogens is 4. The number of amides is 2. The highest BCUT2D eigenvalue weighted by molar-refractivity contribution is 6.07. The van der Waals surface area contributed by atoms with Gasteiger partial charge in [0.2, 0.25) is 11.8 Å². The Hall–Kier alpha value is -6.63. The van der Waals surface area contributed by atoms with Crippen LogP contribution in [0.5, 0.6) is 23.1 Å². The van der Waals surface area contributed by atoms with Gasteiger partial charge >= 0.3 is 12.0 Å². The van der Waals surface area contributed by atoms with Gasteiger partial charge in [-0.25, -0.2) is 19.3 Å². The summed E-state index contributed by atoms with van der Waals surface area (Å²) in [6.45, 7) is 6.18. The molecule has 4 N–H and O–H groups in total. The molecule has 2 heterocycles. The Morgan fingerprint density at radius 3 is 2.26 bits per heavy atom. The van der Waals surface area contributed by atoms with Crippen molar-refractivity contribution in [2.75, 3.05) is 30.2 Å². The molecule has 0 fully saturated rings. The van der Waals surface area contributed by atoms with Crippen molar-refractivity contribution in [3.63, 3.8) is 0 Å². The molecule has 0 atom stereocenters. The van der Waals surface area contributed by atoms with E-state index in [2.05, 4.69) is 46.7 Å². The Kier molecular flexibility index (Phi) is 9.22. The second-order valence-electron chi connectivity index (χ2n) is 12.2. The number of nitrogens with zero attached hydrogens (tertiary/aromatic N) is 4. The summed E-state index contributed by atoms with van der Waals surface area (Å²) in [7, 11) is 3.06. The average molecular weight is 674 g/mol. The van der Waals surface area contributed by atoms with Crippen molar-refractivity contribution in [3.8, 4) is 28.8 Å². The summed E-state index contributed by atoms with van der Waals surface area (Å²) in [5, 5.41) is 24.7. The number of ether oxygens (including phenoxy) is 3. The van der Waals surface area contributed by atoms with Gasteiger partial charge in [-0.05, 0) is 48.5 Å². The summed E-state index contributed by atoms with van der Waals surface area (Å²) in [6, 6.07) is 25.9. The third kappa shape index (κ3) is 7.41. The second kappa shape index (κ2) is 13.8. The number of hydrogen-bond donors (Lipinski definition) is 4. The Morgan fingerprint density at radius 1 is 0.820 bits per heavy atom. The lowest BCUT2D eigenvalue weighted by molar-refractivity contribution is 0.0696.